The lowest BCUT2D eigenvalue weighted by molar-refractivity contribution is -0.122. The molecule has 1 atom stereocenters. The van der Waals surface area contributed by atoms with Crippen molar-refractivity contribution < 1.29 is 9.21 Å². The molecule has 0 unspecified atom stereocenters. The molecule has 0 saturated carbocycles. The summed E-state index contributed by atoms with van der Waals surface area (Å²) in [6, 6.07) is 11.8. The Balaban J connectivity index is 1.36. The van der Waals surface area contributed by atoms with E-state index in [9.17, 15) is 4.79 Å². The van der Waals surface area contributed by atoms with E-state index in [2.05, 4.69) is 31.5 Å². The maximum atomic E-state index is 12.9. The van der Waals surface area contributed by atoms with Crippen LogP contribution >= 0.6 is 11.3 Å². The van der Waals surface area contributed by atoms with Crippen molar-refractivity contribution in [2.45, 2.75) is 51.6 Å². The molecular formula is C24H26N6O2S. The van der Waals surface area contributed by atoms with E-state index in [4.69, 9.17) is 9.40 Å². The average Bonchev–Trinajstić information content (AvgIpc) is 3.56. The number of fused-ring (bicyclic) bond motifs is 1. The van der Waals surface area contributed by atoms with Gasteiger partial charge in [-0.05, 0) is 43.9 Å². The smallest absolute Gasteiger partial charge is 0.243 e. The molecule has 1 amide bonds. The van der Waals surface area contributed by atoms with Crippen LogP contribution in [-0.4, -0.2) is 38.7 Å². The van der Waals surface area contributed by atoms with Crippen molar-refractivity contribution in [3.63, 3.8) is 0 Å². The number of aromatic nitrogens is 4. The van der Waals surface area contributed by atoms with Crippen LogP contribution in [0.2, 0.25) is 0 Å². The molecule has 0 radical (unpaired) electrons. The number of hydrogen-bond acceptors (Lipinski definition) is 8. The summed E-state index contributed by atoms with van der Waals surface area (Å²) in [6.45, 7) is 7.20. The normalized spacial score (nSPS) is 16.5. The summed E-state index contributed by atoms with van der Waals surface area (Å²) in [5, 5.41) is 12.1. The zero-order valence-corrected chi connectivity index (χ0v) is 19.7. The topological polar surface area (TPSA) is 97.0 Å². The highest BCUT2D eigenvalue weighted by atomic mass is 32.1. The molecule has 0 aliphatic carbocycles. The first-order valence-electron chi connectivity index (χ1n) is 11.1. The zero-order chi connectivity index (χ0) is 23.0. The minimum absolute atomic E-state index is 0.0390. The summed E-state index contributed by atoms with van der Waals surface area (Å²) in [4.78, 5) is 24.4. The molecule has 5 rings (SSSR count). The number of pyridine rings is 1. The molecular weight excluding hydrogens is 436 g/mol. The molecule has 1 saturated heterocycles. The predicted molar refractivity (Wildman–Crippen MR) is 127 cm³/mol. The average molecular weight is 463 g/mol. The van der Waals surface area contributed by atoms with E-state index >= 15 is 0 Å². The first-order chi connectivity index (χ1) is 15.9. The van der Waals surface area contributed by atoms with Crippen LogP contribution in [0.5, 0.6) is 0 Å². The van der Waals surface area contributed by atoms with Crippen molar-refractivity contribution >= 4 is 32.7 Å². The maximum Gasteiger partial charge on any atom is 0.243 e. The van der Waals surface area contributed by atoms with Gasteiger partial charge in [-0.1, -0.05) is 41.7 Å². The van der Waals surface area contributed by atoms with Crippen LogP contribution < -0.4 is 10.2 Å². The molecule has 1 aliphatic heterocycles. The molecule has 8 nitrogen and oxygen atoms in total. The van der Waals surface area contributed by atoms with Crippen molar-refractivity contribution in [3.05, 3.63) is 65.5 Å². The number of anilines is 1. The molecule has 170 valence electrons. The van der Waals surface area contributed by atoms with Crippen LogP contribution in [-0.2, 0) is 16.8 Å². The summed E-state index contributed by atoms with van der Waals surface area (Å²) >= 11 is 1.57. The van der Waals surface area contributed by atoms with Gasteiger partial charge in [0, 0.05) is 26.2 Å². The number of aryl methyl sites for hydroxylation is 1. The van der Waals surface area contributed by atoms with Crippen LogP contribution in [0.4, 0.5) is 5.13 Å². The van der Waals surface area contributed by atoms with E-state index < -0.39 is 5.41 Å². The van der Waals surface area contributed by atoms with Crippen LogP contribution in [0.3, 0.4) is 0 Å². The van der Waals surface area contributed by atoms with E-state index in [1.807, 2.05) is 50.4 Å². The standard InChI is InChI=1S/C24H26N6O2S/c1-15-28-29-22(32-15)24(2,3)17-12-19-20(25-14-17)27-23(33-19)30-11-7-10-18(30)21(31)26-13-16-8-5-4-6-9-16/h4-6,8-9,12,14,18H,7,10-11,13H2,1-3H3,(H,26,31)/t18-/m1/s1. The summed E-state index contributed by atoms with van der Waals surface area (Å²) in [6.07, 6.45) is 3.60. The molecule has 1 N–H and O–H groups in total. The molecule has 0 bridgehead atoms. The van der Waals surface area contributed by atoms with E-state index in [0.717, 1.165) is 40.3 Å². The van der Waals surface area contributed by atoms with Crippen molar-refractivity contribution in [1.82, 2.24) is 25.5 Å². The number of rotatable bonds is 6. The molecule has 33 heavy (non-hydrogen) atoms. The Bertz CT molecular complexity index is 1280. The first-order valence-corrected chi connectivity index (χ1v) is 11.9. The van der Waals surface area contributed by atoms with Gasteiger partial charge in [-0.2, -0.15) is 4.98 Å². The fraction of sp³-hybridized carbons (Fsp3) is 0.375. The summed E-state index contributed by atoms with van der Waals surface area (Å²) in [7, 11) is 0. The second-order valence-corrected chi connectivity index (χ2v) is 9.86. The van der Waals surface area contributed by atoms with E-state index in [1.54, 1.807) is 18.3 Å². The zero-order valence-electron chi connectivity index (χ0n) is 18.9. The minimum atomic E-state index is -0.472. The second kappa shape index (κ2) is 8.55. The Hall–Kier alpha value is -3.33. The molecule has 9 heteroatoms. The van der Waals surface area contributed by atoms with Gasteiger partial charge in [0.15, 0.2) is 10.8 Å². The number of carbonyl (C=O) groups excluding carboxylic acids is 1. The van der Waals surface area contributed by atoms with E-state index in [1.165, 1.54) is 0 Å². The van der Waals surface area contributed by atoms with Crippen molar-refractivity contribution in [2.75, 3.05) is 11.4 Å². The Kier molecular flexibility index (Phi) is 5.57. The van der Waals surface area contributed by atoms with Gasteiger partial charge in [0.25, 0.3) is 0 Å². The van der Waals surface area contributed by atoms with Crippen LogP contribution in [0.15, 0.2) is 47.0 Å². The third kappa shape index (κ3) is 4.20. The Morgan fingerprint density at radius 1 is 1.27 bits per heavy atom. The maximum absolute atomic E-state index is 12.9. The number of carbonyl (C=O) groups is 1. The molecule has 1 fully saturated rings. The summed E-state index contributed by atoms with van der Waals surface area (Å²) in [5.41, 5.74) is 2.28. The van der Waals surface area contributed by atoms with Gasteiger partial charge in [-0.15, -0.1) is 10.2 Å². The van der Waals surface area contributed by atoms with Gasteiger partial charge >= 0.3 is 0 Å². The fourth-order valence-corrected chi connectivity index (χ4v) is 5.16. The lowest BCUT2D eigenvalue weighted by Crippen LogP contribution is -2.43. The number of amides is 1. The van der Waals surface area contributed by atoms with Crippen molar-refractivity contribution in [2.24, 2.45) is 0 Å². The van der Waals surface area contributed by atoms with Crippen LogP contribution in [0.25, 0.3) is 10.3 Å². The molecule has 3 aromatic heterocycles. The quantitative estimate of drug-likeness (QED) is 0.463. The van der Waals surface area contributed by atoms with Crippen LogP contribution in [0.1, 0.15) is 49.6 Å². The number of thiazole rings is 1. The number of nitrogens with zero attached hydrogens (tertiary/aromatic N) is 5. The highest BCUT2D eigenvalue weighted by Gasteiger charge is 2.34. The highest BCUT2D eigenvalue weighted by Crippen LogP contribution is 2.36. The van der Waals surface area contributed by atoms with Gasteiger partial charge in [0.05, 0.1) is 10.1 Å². The second-order valence-electron chi connectivity index (χ2n) is 8.85. The van der Waals surface area contributed by atoms with E-state index in [-0.39, 0.29) is 11.9 Å². The SMILES string of the molecule is Cc1nnc(C(C)(C)c2cnc3nc(N4CCC[C@@H]4C(=O)NCc4ccccc4)sc3c2)o1. The molecule has 1 aliphatic rings. The highest BCUT2D eigenvalue weighted by molar-refractivity contribution is 7.22. The fourth-order valence-electron chi connectivity index (χ4n) is 4.12. The molecule has 1 aromatic carbocycles. The third-order valence-corrected chi connectivity index (χ3v) is 7.16. The van der Waals surface area contributed by atoms with E-state index in [0.29, 0.717) is 24.0 Å². The lowest BCUT2D eigenvalue weighted by Gasteiger charge is -2.23. The number of hydrogen-bond donors (Lipinski definition) is 1. The largest absolute Gasteiger partial charge is 0.425 e. The first kappa shape index (κ1) is 21.5. The minimum Gasteiger partial charge on any atom is -0.425 e. The number of benzene rings is 1. The molecule has 4 heterocycles. The van der Waals surface area contributed by atoms with Crippen molar-refractivity contribution in [1.29, 1.82) is 0 Å². The Morgan fingerprint density at radius 3 is 2.85 bits per heavy atom. The van der Waals surface area contributed by atoms with Gasteiger partial charge in [-0.25, -0.2) is 4.98 Å². The van der Waals surface area contributed by atoms with Gasteiger partial charge < -0.3 is 14.6 Å². The Morgan fingerprint density at radius 2 is 2.09 bits per heavy atom. The predicted octanol–water partition coefficient (Wildman–Crippen LogP) is 3.99. The lowest BCUT2D eigenvalue weighted by atomic mass is 9.86. The number of nitrogens with one attached hydrogen (secondary N) is 1. The third-order valence-electron chi connectivity index (χ3n) is 6.13. The van der Waals surface area contributed by atoms with Gasteiger partial charge in [0.1, 0.15) is 6.04 Å². The molecule has 0 spiro atoms. The Labute approximate surface area is 196 Å². The van der Waals surface area contributed by atoms with Crippen LogP contribution in [0, 0.1) is 6.92 Å². The van der Waals surface area contributed by atoms with Gasteiger partial charge in [0.2, 0.25) is 17.7 Å². The monoisotopic (exact) mass is 462 g/mol. The molecule has 4 aromatic rings. The summed E-state index contributed by atoms with van der Waals surface area (Å²) in [5.74, 6) is 1.13. The van der Waals surface area contributed by atoms with Gasteiger partial charge in [-0.3, -0.25) is 4.79 Å². The summed E-state index contributed by atoms with van der Waals surface area (Å²) < 4.78 is 6.66. The van der Waals surface area contributed by atoms with Crippen molar-refractivity contribution in [3.8, 4) is 0 Å².